The van der Waals surface area contributed by atoms with E-state index in [1.807, 2.05) is 6.92 Å². The number of hydrogen-bond donors (Lipinski definition) is 2. The number of ether oxygens (including phenoxy) is 1. The van der Waals surface area contributed by atoms with Gasteiger partial charge in [-0.1, -0.05) is 41.9 Å². The number of nitrogens with zero attached hydrogens (tertiary/aromatic N) is 1. The van der Waals surface area contributed by atoms with Crippen LogP contribution in [0.2, 0.25) is 5.02 Å². The van der Waals surface area contributed by atoms with Crippen molar-refractivity contribution in [1.29, 1.82) is 0 Å². The van der Waals surface area contributed by atoms with Gasteiger partial charge in [0.25, 0.3) is 0 Å². The number of benzene rings is 3. The van der Waals surface area contributed by atoms with Crippen LogP contribution in [0.3, 0.4) is 0 Å². The molecular weight excluding hydrogens is 421 g/mol. The Kier molecular flexibility index (Phi) is 7.35. The van der Waals surface area contributed by atoms with E-state index in [1.165, 1.54) is 18.3 Å². The van der Waals surface area contributed by atoms with E-state index < -0.39 is 11.8 Å². The van der Waals surface area contributed by atoms with Crippen molar-refractivity contribution in [3.05, 3.63) is 94.3 Å². The summed E-state index contributed by atoms with van der Waals surface area (Å²) in [6.45, 7) is 2.11. The van der Waals surface area contributed by atoms with E-state index in [-0.39, 0.29) is 12.4 Å². The average molecular weight is 440 g/mol. The van der Waals surface area contributed by atoms with E-state index in [1.54, 1.807) is 54.6 Å². The molecule has 0 aliphatic heterocycles. The summed E-state index contributed by atoms with van der Waals surface area (Å²) in [7, 11) is 0. The van der Waals surface area contributed by atoms with Gasteiger partial charge in [-0.15, -0.1) is 0 Å². The van der Waals surface area contributed by atoms with Crippen LogP contribution >= 0.6 is 11.6 Å². The largest absolute Gasteiger partial charge is 0.489 e. The number of carbonyl (C=O) groups excluding carboxylic acids is 2. The third-order valence-corrected chi connectivity index (χ3v) is 4.60. The third-order valence-electron chi connectivity index (χ3n) is 4.19. The molecule has 0 spiro atoms. The maximum atomic E-state index is 13.0. The Labute approximate surface area is 183 Å². The molecule has 0 aliphatic carbocycles. The Morgan fingerprint density at radius 1 is 1.06 bits per heavy atom. The lowest BCUT2D eigenvalue weighted by Crippen LogP contribution is -2.32. The fraction of sp³-hybridized carbons (Fsp3) is 0.0870. The number of rotatable bonds is 6. The molecule has 0 aromatic heterocycles. The lowest BCUT2D eigenvalue weighted by Gasteiger charge is -2.07. The molecule has 2 N–H and O–H groups in total. The Morgan fingerprint density at radius 2 is 1.84 bits per heavy atom. The highest BCUT2D eigenvalue weighted by atomic mass is 35.5. The maximum absolute atomic E-state index is 13.0. The highest BCUT2D eigenvalue weighted by Gasteiger charge is 2.13. The number of aryl methyl sites for hydroxylation is 1. The lowest BCUT2D eigenvalue weighted by atomic mass is 10.2. The number of hydrazone groups is 1. The molecule has 3 rings (SSSR count). The molecule has 0 saturated heterocycles. The number of nitrogens with one attached hydrogen (secondary N) is 2. The van der Waals surface area contributed by atoms with Gasteiger partial charge >= 0.3 is 11.8 Å². The van der Waals surface area contributed by atoms with Crippen molar-refractivity contribution in [2.45, 2.75) is 13.5 Å². The van der Waals surface area contributed by atoms with Crippen LogP contribution in [-0.4, -0.2) is 18.0 Å². The van der Waals surface area contributed by atoms with Crippen LogP contribution in [0.5, 0.6) is 5.75 Å². The first-order valence-corrected chi connectivity index (χ1v) is 9.66. The summed E-state index contributed by atoms with van der Waals surface area (Å²) in [6.07, 6.45) is 1.39. The summed E-state index contributed by atoms with van der Waals surface area (Å²) in [5, 5.41) is 6.73. The molecule has 3 aromatic carbocycles. The molecule has 0 fully saturated rings. The van der Waals surface area contributed by atoms with Gasteiger partial charge in [0.15, 0.2) is 0 Å². The number of hydrogen-bond acceptors (Lipinski definition) is 4. The van der Waals surface area contributed by atoms with Crippen molar-refractivity contribution in [1.82, 2.24) is 5.43 Å². The SMILES string of the molecule is Cc1ccc(NC(=O)C(=O)N/N=C\c2cccc(OCc3ccc(F)cc3)c2)cc1Cl. The molecule has 8 heteroatoms. The molecule has 0 saturated carbocycles. The zero-order valence-electron chi connectivity index (χ0n) is 16.6. The second-order valence-electron chi connectivity index (χ2n) is 6.60. The minimum atomic E-state index is -0.920. The summed E-state index contributed by atoms with van der Waals surface area (Å²) >= 11 is 6.00. The van der Waals surface area contributed by atoms with E-state index in [0.717, 1.165) is 11.1 Å². The second kappa shape index (κ2) is 10.4. The topological polar surface area (TPSA) is 79.8 Å². The van der Waals surface area contributed by atoms with E-state index in [9.17, 15) is 14.0 Å². The first-order valence-electron chi connectivity index (χ1n) is 9.28. The van der Waals surface area contributed by atoms with Crippen LogP contribution in [0.1, 0.15) is 16.7 Å². The van der Waals surface area contributed by atoms with Gasteiger partial charge in [-0.3, -0.25) is 9.59 Å². The van der Waals surface area contributed by atoms with Gasteiger partial charge < -0.3 is 10.1 Å². The Hall–Kier alpha value is -3.71. The third kappa shape index (κ3) is 6.65. The standard InChI is InChI=1S/C23H19ClFN3O3/c1-15-5-10-19(12-21(15)24)27-22(29)23(30)28-26-13-17-3-2-4-20(11-17)31-14-16-6-8-18(25)9-7-16/h2-13H,14H2,1H3,(H,27,29)(H,28,30)/b26-13-. The highest BCUT2D eigenvalue weighted by molar-refractivity contribution is 6.39. The van der Waals surface area contributed by atoms with Gasteiger partial charge in [0.1, 0.15) is 18.2 Å². The minimum absolute atomic E-state index is 0.279. The van der Waals surface area contributed by atoms with Crippen LogP contribution in [0.25, 0.3) is 0 Å². The molecule has 2 amide bonds. The fourth-order valence-electron chi connectivity index (χ4n) is 2.51. The molecule has 31 heavy (non-hydrogen) atoms. The first-order chi connectivity index (χ1) is 14.9. The van der Waals surface area contributed by atoms with Gasteiger partial charge in [-0.05, 0) is 60.0 Å². The number of amides is 2. The van der Waals surface area contributed by atoms with Crippen molar-refractivity contribution < 1.29 is 18.7 Å². The molecule has 0 aliphatic rings. The summed E-state index contributed by atoms with van der Waals surface area (Å²) < 4.78 is 18.6. The van der Waals surface area contributed by atoms with Gasteiger partial charge in [-0.25, -0.2) is 9.82 Å². The Bertz CT molecular complexity index is 1120. The van der Waals surface area contributed by atoms with E-state index in [0.29, 0.717) is 22.0 Å². The monoisotopic (exact) mass is 439 g/mol. The van der Waals surface area contributed by atoms with Crippen LogP contribution in [-0.2, 0) is 16.2 Å². The molecule has 0 unspecified atom stereocenters. The van der Waals surface area contributed by atoms with E-state index >= 15 is 0 Å². The van der Waals surface area contributed by atoms with Gasteiger partial charge in [-0.2, -0.15) is 5.10 Å². The lowest BCUT2D eigenvalue weighted by molar-refractivity contribution is -0.136. The van der Waals surface area contributed by atoms with E-state index in [4.69, 9.17) is 16.3 Å². The highest BCUT2D eigenvalue weighted by Crippen LogP contribution is 2.19. The van der Waals surface area contributed by atoms with Crippen LogP contribution in [0.15, 0.2) is 71.8 Å². The molecular formula is C23H19ClFN3O3. The predicted octanol–water partition coefficient (Wildman–Crippen LogP) is 4.46. The van der Waals surface area contributed by atoms with Crippen molar-refractivity contribution >= 4 is 35.3 Å². The summed E-state index contributed by atoms with van der Waals surface area (Å²) in [6, 6.07) is 18.0. The molecule has 0 heterocycles. The van der Waals surface area contributed by atoms with Gasteiger partial charge in [0, 0.05) is 10.7 Å². The molecule has 0 radical (unpaired) electrons. The quantitative estimate of drug-likeness (QED) is 0.338. The molecule has 0 bridgehead atoms. The minimum Gasteiger partial charge on any atom is -0.489 e. The number of carbonyl (C=O) groups is 2. The van der Waals surface area contributed by atoms with Crippen LogP contribution in [0, 0.1) is 12.7 Å². The summed E-state index contributed by atoms with van der Waals surface area (Å²) in [5.74, 6) is -1.51. The average Bonchev–Trinajstić information content (AvgIpc) is 2.76. The van der Waals surface area contributed by atoms with Crippen LogP contribution < -0.4 is 15.5 Å². The van der Waals surface area contributed by atoms with Crippen molar-refractivity contribution in [3.63, 3.8) is 0 Å². The maximum Gasteiger partial charge on any atom is 0.329 e. The van der Waals surface area contributed by atoms with Crippen molar-refractivity contribution in [2.75, 3.05) is 5.32 Å². The van der Waals surface area contributed by atoms with Crippen molar-refractivity contribution in [2.24, 2.45) is 5.10 Å². The molecule has 0 atom stereocenters. The number of halogens is 2. The second-order valence-corrected chi connectivity index (χ2v) is 7.01. The Balaban J connectivity index is 1.52. The van der Waals surface area contributed by atoms with Crippen LogP contribution in [0.4, 0.5) is 10.1 Å². The molecule has 6 nitrogen and oxygen atoms in total. The zero-order valence-corrected chi connectivity index (χ0v) is 17.3. The first kappa shape index (κ1) is 22.0. The van der Waals surface area contributed by atoms with Crippen molar-refractivity contribution in [3.8, 4) is 5.75 Å². The van der Waals surface area contributed by atoms with Gasteiger partial charge in [0.2, 0.25) is 0 Å². The Morgan fingerprint density at radius 3 is 2.58 bits per heavy atom. The molecule has 158 valence electrons. The summed E-state index contributed by atoms with van der Waals surface area (Å²) in [5.41, 5.74) is 4.92. The normalized spacial score (nSPS) is 10.7. The summed E-state index contributed by atoms with van der Waals surface area (Å²) in [4.78, 5) is 23.9. The smallest absolute Gasteiger partial charge is 0.329 e. The van der Waals surface area contributed by atoms with E-state index in [2.05, 4.69) is 15.8 Å². The van der Waals surface area contributed by atoms with Gasteiger partial charge in [0.05, 0.1) is 6.21 Å². The number of anilines is 1. The molecule has 3 aromatic rings. The fourth-order valence-corrected chi connectivity index (χ4v) is 2.69. The zero-order chi connectivity index (χ0) is 22.2. The predicted molar refractivity (Wildman–Crippen MR) is 118 cm³/mol.